The van der Waals surface area contributed by atoms with Crippen molar-refractivity contribution in [2.45, 2.75) is 5.79 Å². The molecular weight excluding hydrogens is 116 g/mol. The number of rotatable bonds is 0. The van der Waals surface area contributed by atoms with Crippen LogP contribution in [0.15, 0.2) is 17.3 Å². The predicted octanol–water partition coefficient (Wildman–Crippen LogP) is -0.690. The molecule has 0 amide bonds. The Morgan fingerprint density at radius 3 is 2.89 bits per heavy atom. The van der Waals surface area contributed by atoms with E-state index >= 15 is 0 Å². The molecule has 0 saturated carbocycles. The summed E-state index contributed by atoms with van der Waals surface area (Å²) in [5.74, 6) is -1.24. The fourth-order valence-electron chi connectivity index (χ4n) is 0.477. The zero-order valence-corrected chi connectivity index (χ0v) is 4.70. The zero-order chi connectivity index (χ0) is 6.74. The molecule has 1 atom stereocenters. The van der Waals surface area contributed by atoms with Crippen molar-refractivity contribution in [2.24, 2.45) is 10.7 Å². The van der Waals surface area contributed by atoms with Crippen LogP contribution in [-0.4, -0.2) is 12.0 Å². The first kappa shape index (κ1) is 5.79. The van der Waals surface area contributed by atoms with E-state index < -0.39 is 5.79 Å². The molecule has 3 N–H and O–H groups in total. The van der Waals surface area contributed by atoms with Crippen LogP contribution >= 0.6 is 0 Å². The van der Waals surface area contributed by atoms with E-state index in [1.165, 1.54) is 6.21 Å². The van der Waals surface area contributed by atoms with Crippen molar-refractivity contribution in [3.8, 4) is 6.07 Å². The van der Waals surface area contributed by atoms with E-state index in [9.17, 15) is 0 Å². The molecule has 0 aromatic heterocycles. The normalized spacial score (nSPS) is 31.1. The van der Waals surface area contributed by atoms with Gasteiger partial charge in [0.1, 0.15) is 6.07 Å². The van der Waals surface area contributed by atoms with E-state index in [-0.39, 0.29) is 0 Å². The molecule has 1 unspecified atom stereocenters. The Morgan fingerprint density at radius 1 is 1.78 bits per heavy atom. The molecular formula is C5H6N4. The first-order valence-electron chi connectivity index (χ1n) is 2.45. The molecule has 4 nitrogen and oxygen atoms in total. The molecule has 1 rings (SSSR count). The molecule has 46 valence electrons. The minimum absolute atomic E-state index is 1.24. The van der Waals surface area contributed by atoms with Crippen LogP contribution in [0.3, 0.4) is 0 Å². The fraction of sp³-hybridized carbons (Fsp3) is 0.200. The summed E-state index contributed by atoms with van der Waals surface area (Å²) in [7, 11) is 0. The van der Waals surface area contributed by atoms with Crippen LogP contribution in [0.5, 0.6) is 0 Å². The number of hydrogen-bond acceptors (Lipinski definition) is 4. The molecule has 4 heteroatoms. The lowest BCUT2D eigenvalue weighted by Crippen LogP contribution is -2.49. The Morgan fingerprint density at radius 2 is 2.56 bits per heavy atom. The summed E-state index contributed by atoms with van der Waals surface area (Å²) < 4.78 is 0. The Balaban J connectivity index is 2.77. The minimum atomic E-state index is -1.24. The van der Waals surface area contributed by atoms with Gasteiger partial charge in [-0.25, -0.2) is 4.99 Å². The van der Waals surface area contributed by atoms with E-state index in [0.29, 0.717) is 0 Å². The van der Waals surface area contributed by atoms with Gasteiger partial charge in [-0.15, -0.1) is 0 Å². The van der Waals surface area contributed by atoms with Gasteiger partial charge in [0.15, 0.2) is 0 Å². The highest BCUT2D eigenvalue weighted by atomic mass is 15.2. The average Bonchev–Trinajstić information content (AvgIpc) is 1.90. The van der Waals surface area contributed by atoms with Gasteiger partial charge in [-0.2, -0.15) is 5.26 Å². The molecule has 0 aromatic carbocycles. The molecule has 0 aromatic rings. The van der Waals surface area contributed by atoms with Gasteiger partial charge in [0.05, 0.1) is 0 Å². The zero-order valence-electron chi connectivity index (χ0n) is 4.70. The van der Waals surface area contributed by atoms with Gasteiger partial charge >= 0.3 is 0 Å². The fourth-order valence-corrected chi connectivity index (χ4v) is 0.477. The maximum absolute atomic E-state index is 8.37. The van der Waals surface area contributed by atoms with Crippen molar-refractivity contribution in [3.05, 3.63) is 12.3 Å². The molecule has 0 radical (unpaired) electrons. The SMILES string of the molecule is N#CC1(N)N=CC=CN1. The lowest BCUT2D eigenvalue weighted by Gasteiger charge is -2.17. The van der Waals surface area contributed by atoms with Gasteiger partial charge in [0, 0.05) is 12.4 Å². The summed E-state index contributed by atoms with van der Waals surface area (Å²) in [4.78, 5) is 3.67. The molecule has 1 aliphatic heterocycles. The van der Waals surface area contributed by atoms with Gasteiger partial charge < -0.3 is 5.32 Å². The third kappa shape index (κ3) is 1.06. The number of hydrogen-bond donors (Lipinski definition) is 2. The summed E-state index contributed by atoms with van der Waals surface area (Å²) in [6.45, 7) is 0. The third-order valence-corrected chi connectivity index (χ3v) is 0.934. The molecule has 1 aliphatic rings. The highest BCUT2D eigenvalue weighted by molar-refractivity contribution is 5.72. The van der Waals surface area contributed by atoms with Crippen LogP contribution in [0.1, 0.15) is 0 Å². The Hall–Kier alpha value is -1.34. The highest BCUT2D eigenvalue weighted by Gasteiger charge is 2.20. The molecule has 0 fully saturated rings. The van der Waals surface area contributed by atoms with Gasteiger partial charge in [-0.05, 0) is 6.08 Å². The second kappa shape index (κ2) is 1.88. The molecule has 1 heterocycles. The first-order valence-corrected chi connectivity index (χ1v) is 2.45. The lowest BCUT2D eigenvalue weighted by molar-refractivity contribution is 0.509. The van der Waals surface area contributed by atoms with E-state index in [4.69, 9.17) is 11.0 Å². The van der Waals surface area contributed by atoms with Crippen molar-refractivity contribution < 1.29 is 0 Å². The average molecular weight is 122 g/mol. The van der Waals surface area contributed by atoms with Crippen molar-refractivity contribution in [3.63, 3.8) is 0 Å². The van der Waals surface area contributed by atoms with E-state index in [2.05, 4.69) is 10.3 Å². The van der Waals surface area contributed by atoms with Crippen LogP contribution in [0.25, 0.3) is 0 Å². The van der Waals surface area contributed by atoms with Crippen LogP contribution in [0.4, 0.5) is 0 Å². The van der Waals surface area contributed by atoms with Crippen LogP contribution < -0.4 is 11.1 Å². The second-order valence-corrected chi connectivity index (χ2v) is 1.66. The Labute approximate surface area is 52.7 Å². The van der Waals surface area contributed by atoms with Crippen molar-refractivity contribution in [2.75, 3.05) is 0 Å². The summed E-state index contributed by atoms with van der Waals surface area (Å²) in [6, 6.07) is 1.80. The van der Waals surface area contributed by atoms with E-state index in [0.717, 1.165) is 0 Å². The van der Waals surface area contributed by atoms with Crippen LogP contribution in [0.2, 0.25) is 0 Å². The smallest absolute Gasteiger partial charge is 0.272 e. The number of aliphatic imine (C=N–C) groups is 1. The standard InChI is InChI=1S/C5H6N4/c6-4-5(7)8-2-1-3-9-5/h1-3,8H,7H2. The van der Waals surface area contributed by atoms with Gasteiger partial charge in [0.2, 0.25) is 0 Å². The Kier molecular flexibility index (Phi) is 1.21. The number of nitrogens with zero attached hydrogens (tertiary/aromatic N) is 2. The van der Waals surface area contributed by atoms with Crippen LogP contribution in [-0.2, 0) is 0 Å². The largest absolute Gasteiger partial charge is 0.343 e. The third-order valence-electron chi connectivity index (χ3n) is 0.934. The van der Waals surface area contributed by atoms with Gasteiger partial charge in [-0.3, -0.25) is 5.73 Å². The lowest BCUT2D eigenvalue weighted by atomic mass is 10.4. The van der Waals surface area contributed by atoms with Crippen LogP contribution in [0, 0.1) is 11.3 Å². The number of allylic oxidation sites excluding steroid dienone is 1. The second-order valence-electron chi connectivity index (χ2n) is 1.66. The van der Waals surface area contributed by atoms with Crippen molar-refractivity contribution >= 4 is 6.21 Å². The van der Waals surface area contributed by atoms with Crippen molar-refractivity contribution in [1.82, 2.24) is 5.32 Å². The topological polar surface area (TPSA) is 74.2 Å². The summed E-state index contributed by atoms with van der Waals surface area (Å²) in [5.41, 5.74) is 5.34. The van der Waals surface area contributed by atoms with Gasteiger partial charge in [-0.1, -0.05) is 0 Å². The predicted molar refractivity (Wildman–Crippen MR) is 33.3 cm³/mol. The monoisotopic (exact) mass is 122 g/mol. The van der Waals surface area contributed by atoms with Crippen molar-refractivity contribution in [1.29, 1.82) is 5.26 Å². The summed E-state index contributed by atoms with van der Waals surface area (Å²) in [6.07, 6.45) is 4.73. The molecule has 0 spiro atoms. The Bertz CT molecular complexity index is 199. The number of nitriles is 1. The quantitative estimate of drug-likeness (QED) is 0.446. The number of nitrogens with one attached hydrogen (secondary N) is 1. The molecule has 0 saturated heterocycles. The summed E-state index contributed by atoms with van der Waals surface area (Å²) >= 11 is 0. The summed E-state index contributed by atoms with van der Waals surface area (Å²) in [5, 5.41) is 10.9. The highest BCUT2D eigenvalue weighted by Crippen LogP contribution is 1.97. The van der Waals surface area contributed by atoms with E-state index in [1.54, 1.807) is 18.3 Å². The molecule has 0 bridgehead atoms. The maximum atomic E-state index is 8.37. The molecule has 9 heavy (non-hydrogen) atoms. The number of nitrogens with two attached hydrogens (primary N) is 1. The first-order chi connectivity index (χ1) is 4.27. The van der Waals surface area contributed by atoms with E-state index in [1.807, 2.05) is 0 Å². The maximum Gasteiger partial charge on any atom is 0.272 e. The molecule has 0 aliphatic carbocycles. The van der Waals surface area contributed by atoms with Gasteiger partial charge in [0.25, 0.3) is 5.79 Å². The minimum Gasteiger partial charge on any atom is -0.343 e.